The van der Waals surface area contributed by atoms with Crippen molar-refractivity contribution >= 4 is 17.4 Å². The number of rotatable bonds is 6. The lowest BCUT2D eigenvalue weighted by molar-refractivity contribution is -0.137. The van der Waals surface area contributed by atoms with E-state index in [1.54, 1.807) is 4.52 Å². The third-order valence-electron chi connectivity index (χ3n) is 3.73. The molecular formula is C17H19N5O2. The number of fused-ring (bicyclic) bond motifs is 1. The average Bonchev–Trinajstić information content (AvgIpc) is 2.97. The summed E-state index contributed by atoms with van der Waals surface area (Å²) < 4.78 is 1.69. The summed E-state index contributed by atoms with van der Waals surface area (Å²) in [7, 11) is 0. The molecule has 124 valence electrons. The van der Waals surface area contributed by atoms with Gasteiger partial charge in [0.2, 0.25) is 0 Å². The Morgan fingerprint density at radius 2 is 1.92 bits per heavy atom. The molecule has 0 fully saturated rings. The molecule has 0 unspecified atom stereocenters. The normalized spacial score (nSPS) is 11.6. The molecule has 0 saturated carbocycles. The molecule has 7 nitrogen and oxygen atoms in total. The predicted molar refractivity (Wildman–Crippen MR) is 90.8 cm³/mol. The number of anilines is 1. The van der Waals surface area contributed by atoms with Crippen LogP contribution < -0.4 is 5.32 Å². The van der Waals surface area contributed by atoms with Gasteiger partial charge in [0.05, 0.1) is 0 Å². The zero-order chi connectivity index (χ0) is 17.2. The standard InChI is InChI=1S/C17H19N5O2/c1-17(2,11-10-15(23)24)18-13-8-9-14-19-20-16(22(14)21-13)12-6-4-3-5-7-12/h3-9H,10-11H2,1-2H3,(H,18,21)(H,23,24). The molecule has 0 aliphatic rings. The summed E-state index contributed by atoms with van der Waals surface area (Å²) in [5.74, 6) is 0.505. The summed E-state index contributed by atoms with van der Waals surface area (Å²) in [5, 5.41) is 25.0. The van der Waals surface area contributed by atoms with Crippen LogP contribution in [-0.4, -0.2) is 36.4 Å². The lowest BCUT2D eigenvalue weighted by Gasteiger charge is -2.26. The predicted octanol–water partition coefficient (Wildman–Crippen LogP) is 2.85. The van der Waals surface area contributed by atoms with E-state index in [9.17, 15) is 4.79 Å². The highest BCUT2D eigenvalue weighted by atomic mass is 16.4. The van der Waals surface area contributed by atoms with Gasteiger partial charge in [0, 0.05) is 17.5 Å². The summed E-state index contributed by atoms with van der Waals surface area (Å²) in [5.41, 5.74) is 1.20. The van der Waals surface area contributed by atoms with Crippen LogP contribution in [0.1, 0.15) is 26.7 Å². The van der Waals surface area contributed by atoms with E-state index in [4.69, 9.17) is 5.11 Å². The second-order valence-corrected chi connectivity index (χ2v) is 6.28. The Morgan fingerprint density at radius 1 is 1.17 bits per heavy atom. The number of nitrogens with zero attached hydrogens (tertiary/aromatic N) is 4. The summed E-state index contributed by atoms with van der Waals surface area (Å²) in [6.07, 6.45) is 0.597. The van der Waals surface area contributed by atoms with E-state index in [1.165, 1.54) is 0 Å². The van der Waals surface area contributed by atoms with Crippen LogP contribution >= 0.6 is 0 Å². The molecule has 0 amide bonds. The molecule has 0 saturated heterocycles. The molecule has 0 spiro atoms. The molecule has 24 heavy (non-hydrogen) atoms. The molecule has 2 heterocycles. The number of aromatic nitrogens is 4. The van der Waals surface area contributed by atoms with Crippen LogP contribution in [0.25, 0.3) is 17.0 Å². The fourth-order valence-electron chi connectivity index (χ4n) is 2.45. The first kappa shape index (κ1) is 15.9. The van der Waals surface area contributed by atoms with E-state index in [-0.39, 0.29) is 12.0 Å². The first-order valence-electron chi connectivity index (χ1n) is 7.72. The Kier molecular flexibility index (Phi) is 4.16. The van der Waals surface area contributed by atoms with Crippen LogP contribution in [0.3, 0.4) is 0 Å². The maximum Gasteiger partial charge on any atom is 0.303 e. The van der Waals surface area contributed by atoms with Crippen LogP contribution in [0.15, 0.2) is 42.5 Å². The van der Waals surface area contributed by atoms with Crippen LogP contribution in [0.4, 0.5) is 5.82 Å². The van der Waals surface area contributed by atoms with Gasteiger partial charge in [-0.15, -0.1) is 15.3 Å². The van der Waals surface area contributed by atoms with Crippen molar-refractivity contribution in [2.45, 2.75) is 32.2 Å². The maximum atomic E-state index is 10.8. The molecule has 2 aromatic heterocycles. The van der Waals surface area contributed by atoms with Gasteiger partial charge in [-0.25, -0.2) is 0 Å². The highest BCUT2D eigenvalue weighted by molar-refractivity contribution is 5.67. The highest BCUT2D eigenvalue weighted by Gasteiger charge is 2.20. The molecule has 0 aliphatic carbocycles. The van der Waals surface area contributed by atoms with E-state index < -0.39 is 5.97 Å². The lowest BCUT2D eigenvalue weighted by atomic mass is 9.98. The highest BCUT2D eigenvalue weighted by Crippen LogP contribution is 2.21. The van der Waals surface area contributed by atoms with Gasteiger partial charge in [-0.2, -0.15) is 4.52 Å². The molecular weight excluding hydrogens is 306 g/mol. The van der Waals surface area contributed by atoms with E-state index in [1.807, 2.05) is 56.3 Å². The molecule has 2 N–H and O–H groups in total. The van der Waals surface area contributed by atoms with Gasteiger partial charge in [0.25, 0.3) is 0 Å². The van der Waals surface area contributed by atoms with Gasteiger partial charge < -0.3 is 10.4 Å². The fourth-order valence-corrected chi connectivity index (χ4v) is 2.45. The average molecular weight is 325 g/mol. The first-order chi connectivity index (χ1) is 11.4. The van der Waals surface area contributed by atoms with Crippen molar-refractivity contribution in [2.24, 2.45) is 0 Å². The third kappa shape index (κ3) is 3.51. The molecule has 3 aromatic rings. The minimum atomic E-state index is -0.807. The molecule has 0 atom stereocenters. The van der Waals surface area contributed by atoms with Crippen molar-refractivity contribution in [2.75, 3.05) is 5.32 Å². The quantitative estimate of drug-likeness (QED) is 0.724. The topological polar surface area (TPSA) is 92.4 Å². The van der Waals surface area contributed by atoms with Crippen molar-refractivity contribution in [3.63, 3.8) is 0 Å². The smallest absolute Gasteiger partial charge is 0.303 e. The van der Waals surface area contributed by atoms with Gasteiger partial charge in [-0.05, 0) is 32.4 Å². The van der Waals surface area contributed by atoms with Crippen molar-refractivity contribution in [3.8, 4) is 11.4 Å². The fraction of sp³-hybridized carbons (Fsp3) is 0.294. The molecule has 1 aromatic carbocycles. The van der Waals surface area contributed by atoms with Gasteiger partial charge in [-0.1, -0.05) is 30.3 Å². The van der Waals surface area contributed by atoms with E-state index in [0.717, 1.165) is 5.56 Å². The van der Waals surface area contributed by atoms with Gasteiger partial charge in [0.15, 0.2) is 11.5 Å². The number of carbonyl (C=O) groups is 1. The Morgan fingerprint density at radius 3 is 2.62 bits per heavy atom. The molecule has 0 bridgehead atoms. The maximum absolute atomic E-state index is 10.8. The number of aliphatic carboxylic acids is 1. The number of hydrogen-bond acceptors (Lipinski definition) is 5. The lowest BCUT2D eigenvalue weighted by Crippen LogP contribution is -2.32. The summed E-state index contributed by atoms with van der Waals surface area (Å²) in [6.45, 7) is 3.90. The SMILES string of the molecule is CC(C)(CCC(=O)O)Nc1ccc2nnc(-c3ccccc3)n2n1. The Labute approximate surface area is 139 Å². The van der Waals surface area contributed by atoms with Crippen molar-refractivity contribution < 1.29 is 9.90 Å². The van der Waals surface area contributed by atoms with Gasteiger partial charge in [0.1, 0.15) is 5.82 Å². The van der Waals surface area contributed by atoms with E-state index >= 15 is 0 Å². The van der Waals surface area contributed by atoms with Crippen molar-refractivity contribution in [3.05, 3.63) is 42.5 Å². The van der Waals surface area contributed by atoms with Gasteiger partial charge >= 0.3 is 5.97 Å². The third-order valence-corrected chi connectivity index (χ3v) is 3.73. The zero-order valence-electron chi connectivity index (χ0n) is 13.6. The number of carboxylic acid groups (broad SMARTS) is 1. The van der Waals surface area contributed by atoms with Crippen LogP contribution in [-0.2, 0) is 4.79 Å². The second-order valence-electron chi connectivity index (χ2n) is 6.28. The summed E-state index contributed by atoms with van der Waals surface area (Å²) in [4.78, 5) is 10.8. The monoisotopic (exact) mass is 325 g/mol. The summed E-state index contributed by atoms with van der Waals surface area (Å²) >= 11 is 0. The first-order valence-corrected chi connectivity index (χ1v) is 7.72. The van der Waals surface area contributed by atoms with Crippen LogP contribution in [0.2, 0.25) is 0 Å². The number of benzene rings is 1. The second kappa shape index (κ2) is 6.27. The zero-order valence-corrected chi connectivity index (χ0v) is 13.6. The van der Waals surface area contributed by atoms with Crippen LogP contribution in [0, 0.1) is 0 Å². The van der Waals surface area contributed by atoms with Crippen molar-refractivity contribution in [1.29, 1.82) is 0 Å². The minimum Gasteiger partial charge on any atom is -0.481 e. The molecule has 3 rings (SSSR count). The van der Waals surface area contributed by atoms with Crippen LogP contribution in [0.5, 0.6) is 0 Å². The number of carboxylic acids is 1. The Hall–Kier alpha value is -2.96. The molecule has 0 radical (unpaired) electrons. The Bertz CT molecular complexity index is 858. The molecule has 7 heteroatoms. The van der Waals surface area contributed by atoms with E-state index in [2.05, 4.69) is 20.6 Å². The van der Waals surface area contributed by atoms with Crippen molar-refractivity contribution in [1.82, 2.24) is 19.8 Å². The largest absolute Gasteiger partial charge is 0.481 e. The van der Waals surface area contributed by atoms with E-state index in [0.29, 0.717) is 23.7 Å². The van der Waals surface area contributed by atoms with Gasteiger partial charge in [-0.3, -0.25) is 4.79 Å². The number of hydrogen-bond donors (Lipinski definition) is 2. The number of nitrogens with one attached hydrogen (secondary N) is 1. The molecule has 0 aliphatic heterocycles. The minimum absolute atomic E-state index is 0.101. The summed E-state index contributed by atoms with van der Waals surface area (Å²) in [6, 6.07) is 13.4. The Balaban J connectivity index is 1.89.